The minimum absolute atomic E-state index is 0.00865. The predicted octanol–water partition coefficient (Wildman–Crippen LogP) is 3.45. The van der Waals surface area contributed by atoms with Gasteiger partial charge in [0.2, 0.25) is 0 Å². The highest BCUT2D eigenvalue weighted by Crippen LogP contribution is 2.45. The Kier molecular flexibility index (Phi) is 6.02. The molecule has 1 aromatic rings. The van der Waals surface area contributed by atoms with Crippen molar-refractivity contribution in [3.05, 3.63) is 42.0 Å². The van der Waals surface area contributed by atoms with E-state index in [-0.39, 0.29) is 17.9 Å². The SMILES string of the molecule is C=CCN1c2ccc(C(=O)N3CCC(C)CC3)cc2C2CN(C(=O)NCC)CCC21. The van der Waals surface area contributed by atoms with Crippen LogP contribution in [0.3, 0.4) is 0 Å². The van der Waals surface area contributed by atoms with Crippen molar-refractivity contribution in [2.45, 2.75) is 45.1 Å². The first-order valence-corrected chi connectivity index (χ1v) is 11.4. The molecule has 3 aliphatic heterocycles. The molecule has 162 valence electrons. The molecule has 2 unspecified atom stereocenters. The van der Waals surface area contributed by atoms with Crippen LogP contribution in [-0.4, -0.2) is 67.0 Å². The standard InChI is InChI=1S/C24H34N4O2/c1-4-11-28-21-7-6-18(23(29)26-12-8-17(3)9-13-26)15-19(21)20-16-27(14-10-22(20)28)24(30)25-5-2/h4,6-7,15,17,20,22H,1,5,8-14,16H2,2-3H3,(H,25,30). The summed E-state index contributed by atoms with van der Waals surface area (Å²) >= 11 is 0. The van der Waals surface area contributed by atoms with Gasteiger partial charge in [-0.25, -0.2) is 4.79 Å². The number of hydrogen-bond acceptors (Lipinski definition) is 3. The van der Waals surface area contributed by atoms with E-state index in [0.29, 0.717) is 25.0 Å². The number of urea groups is 1. The second-order valence-corrected chi connectivity index (χ2v) is 8.93. The van der Waals surface area contributed by atoms with Gasteiger partial charge in [0.15, 0.2) is 0 Å². The smallest absolute Gasteiger partial charge is 0.317 e. The van der Waals surface area contributed by atoms with Gasteiger partial charge >= 0.3 is 6.03 Å². The van der Waals surface area contributed by atoms with E-state index in [0.717, 1.165) is 51.0 Å². The summed E-state index contributed by atoms with van der Waals surface area (Å²) in [5.74, 6) is 1.06. The molecule has 2 atom stereocenters. The van der Waals surface area contributed by atoms with Crippen molar-refractivity contribution in [1.29, 1.82) is 0 Å². The molecule has 4 rings (SSSR count). The number of benzene rings is 1. The van der Waals surface area contributed by atoms with Gasteiger partial charge in [0.05, 0.1) is 0 Å². The highest BCUT2D eigenvalue weighted by molar-refractivity contribution is 5.95. The first kappa shape index (κ1) is 20.8. The van der Waals surface area contributed by atoms with Gasteiger partial charge in [-0.3, -0.25) is 4.79 Å². The average Bonchev–Trinajstić information content (AvgIpc) is 3.07. The third-order valence-electron chi connectivity index (χ3n) is 6.97. The number of carbonyl (C=O) groups is 2. The normalized spacial score (nSPS) is 23.7. The molecular formula is C24H34N4O2. The van der Waals surface area contributed by atoms with Crippen molar-refractivity contribution in [2.24, 2.45) is 5.92 Å². The fourth-order valence-electron chi connectivity index (χ4n) is 5.26. The van der Waals surface area contributed by atoms with Crippen LogP contribution in [0, 0.1) is 5.92 Å². The van der Waals surface area contributed by atoms with Crippen LogP contribution in [0.25, 0.3) is 0 Å². The molecule has 3 heterocycles. The Bertz CT molecular complexity index is 815. The summed E-state index contributed by atoms with van der Waals surface area (Å²) in [5.41, 5.74) is 3.16. The Morgan fingerprint density at radius 3 is 2.60 bits per heavy atom. The predicted molar refractivity (Wildman–Crippen MR) is 120 cm³/mol. The molecule has 0 bridgehead atoms. The molecule has 0 aliphatic carbocycles. The van der Waals surface area contributed by atoms with E-state index in [1.807, 2.05) is 28.9 Å². The van der Waals surface area contributed by atoms with Crippen LogP contribution in [0.5, 0.6) is 0 Å². The van der Waals surface area contributed by atoms with Crippen molar-refractivity contribution in [1.82, 2.24) is 15.1 Å². The first-order valence-electron chi connectivity index (χ1n) is 11.4. The van der Waals surface area contributed by atoms with E-state index in [1.165, 1.54) is 11.3 Å². The Labute approximate surface area is 179 Å². The van der Waals surface area contributed by atoms with E-state index in [9.17, 15) is 9.59 Å². The number of anilines is 1. The van der Waals surface area contributed by atoms with Gasteiger partial charge in [-0.1, -0.05) is 13.0 Å². The molecule has 30 heavy (non-hydrogen) atoms. The summed E-state index contributed by atoms with van der Waals surface area (Å²) in [6, 6.07) is 6.54. The molecule has 6 heteroatoms. The van der Waals surface area contributed by atoms with Crippen LogP contribution in [0.4, 0.5) is 10.5 Å². The number of nitrogens with one attached hydrogen (secondary N) is 1. The highest BCUT2D eigenvalue weighted by Gasteiger charge is 2.42. The van der Waals surface area contributed by atoms with Crippen LogP contribution in [-0.2, 0) is 0 Å². The van der Waals surface area contributed by atoms with Crippen molar-refractivity contribution < 1.29 is 9.59 Å². The van der Waals surface area contributed by atoms with Crippen molar-refractivity contribution in [3.8, 4) is 0 Å². The second kappa shape index (κ2) is 8.70. The lowest BCUT2D eigenvalue weighted by Gasteiger charge is -2.38. The summed E-state index contributed by atoms with van der Waals surface area (Å²) in [5, 5.41) is 2.93. The maximum Gasteiger partial charge on any atom is 0.317 e. The number of nitrogens with zero attached hydrogens (tertiary/aromatic N) is 3. The van der Waals surface area contributed by atoms with Gasteiger partial charge in [-0.2, -0.15) is 0 Å². The number of rotatable bonds is 4. The lowest BCUT2D eigenvalue weighted by Crippen LogP contribution is -2.51. The molecule has 3 aliphatic rings. The number of hydrogen-bond donors (Lipinski definition) is 1. The highest BCUT2D eigenvalue weighted by atomic mass is 16.2. The average molecular weight is 411 g/mol. The molecular weight excluding hydrogens is 376 g/mol. The van der Waals surface area contributed by atoms with E-state index >= 15 is 0 Å². The molecule has 2 saturated heterocycles. The molecule has 1 aromatic carbocycles. The summed E-state index contributed by atoms with van der Waals surface area (Å²) in [7, 11) is 0. The minimum atomic E-state index is 0.00865. The van der Waals surface area contributed by atoms with Gasteiger partial charge in [0.1, 0.15) is 0 Å². The minimum Gasteiger partial charge on any atom is -0.364 e. The second-order valence-electron chi connectivity index (χ2n) is 8.93. The van der Waals surface area contributed by atoms with Crippen molar-refractivity contribution in [2.75, 3.05) is 44.2 Å². The first-order chi connectivity index (χ1) is 14.5. The van der Waals surface area contributed by atoms with Gasteiger partial charge in [-0.15, -0.1) is 6.58 Å². The summed E-state index contributed by atoms with van der Waals surface area (Å²) in [4.78, 5) is 31.9. The van der Waals surface area contributed by atoms with E-state index in [2.05, 4.69) is 35.9 Å². The van der Waals surface area contributed by atoms with E-state index in [1.54, 1.807) is 0 Å². The van der Waals surface area contributed by atoms with Gasteiger partial charge < -0.3 is 20.0 Å². The molecule has 0 spiro atoms. The maximum absolute atomic E-state index is 13.2. The van der Waals surface area contributed by atoms with Crippen LogP contribution in [0.15, 0.2) is 30.9 Å². The Morgan fingerprint density at radius 1 is 1.17 bits per heavy atom. The van der Waals surface area contributed by atoms with Crippen LogP contribution in [0.1, 0.15) is 54.9 Å². The molecule has 1 N–H and O–H groups in total. The Morgan fingerprint density at radius 2 is 1.90 bits per heavy atom. The van der Waals surface area contributed by atoms with E-state index < -0.39 is 0 Å². The summed E-state index contributed by atoms with van der Waals surface area (Å²) in [6.45, 7) is 12.7. The van der Waals surface area contributed by atoms with E-state index in [4.69, 9.17) is 0 Å². The quantitative estimate of drug-likeness (QED) is 0.774. The molecule has 3 amide bonds. The largest absolute Gasteiger partial charge is 0.364 e. The van der Waals surface area contributed by atoms with Crippen LogP contribution < -0.4 is 10.2 Å². The lowest BCUT2D eigenvalue weighted by atomic mass is 9.88. The number of carbonyl (C=O) groups excluding carboxylic acids is 2. The topological polar surface area (TPSA) is 55.9 Å². The zero-order chi connectivity index (χ0) is 21.3. The Balaban J connectivity index is 1.60. The Hall–Kier alpha value is -2.50. The maximum atomic E-state index is 13.2. The third-order valence-corrected chi connectivity index (χ3v) is 6.97. The summed E-state index contributed by atoms with van der Waals surface area (Å²) < 4.78 is 0. The fourth-order valence-corrected chi connectivity index (χ4v) is 5.26. The van der Waals surface area contributed by atoms with Gasteiger partial charge in [0.25, 0.3) is 5.91 Å². The molecule has 0 aromatic heterocycles. The summed E-state index contributed by atoms with van der Waals surface area (Å²) in [6.07, 6.45) is 5.03. The van der Waals surface area contributed by atoms with Crippen molar-refractivity contribution in [3.63, 3.8) is 0 Å². The zero-order valence-electron chi connectivity index (χ0n) is 18.3. The molecule has 0 radical (unpaired) electrons. The third kappa shape index (κ3) is 3.80. The molecule has 6 nitrogen and oxygen atoms in total. The van der Waals surface area contributed by atoms with Gasteiger partial charge in [0, 0.05) is 62.5 Å². The van der Waals surface area contributed by atoms with Crippen LogP contribution >= 0.6 is 0 Å². The molecule has 2 fully saturated rings. The molecule has 0 saturated carbocycles. The monoisotopic (exact) mass is 410 g/mol. The number of fused-ring (bicyclic) bond motifs is 3. The number of amides is 3. The van der Waals surface area contributed by atoms with Crippen molar-refractivity contribution >= 4 is 17.6 Å². The number of likely N-dealkylation sites (tertiary alicyclic amines) is 2. The lowest BCUT2D eigenvalue weighted by molar-refractivity contribution is 0.0697. The van der Waals surface area contributed by atoms with Gasteiger partial charge in [-0.05, 0) is 55.9 Å². The van der Waals surface area contributed by atoms with Crippen LogP contribution in [0.2, 0.25) is 0 Å². The fraction of sp³-hybridized carbons (Fsp3) is 0.583. The number of piperidine rings is 2. The zero-order valence-corrected chi connectivity index (χ0v) is 18.3.